The third-order valence-corrected chi connectivity index (χ3v) is 4.77. The van der Waals surface area contributed by atoms with Crippen LogP contribution in [-0.4, -0.2) is 22.4 Å². The van der Waals surface area contributed by atoms with Gasteiger partial charge in [-0.3, -0.25) is 4.79 Å². The van der Waals surface area contributed by atoms with Crippen molar-refractivity contribution in [2.45, 2.75) is 23.6 Å². The molecular weight excluding hydrogens is 365 g/mol. The van der Waals surface area contributed by atoms with Crippen LogP contribution in [0, 0.1) is 11.3 Å². The zero-order chi connectivity index (χ0) is 19.4. The maximum absolute atomic E-state index is 12.8. The van der Waals surface area contributed by atoms with E-state index in [1.165, 1.54) is 24.8 Å². The molecule has 2 aromatic carbocycles. The molecule has 0 spiro atoms. The van der Waals surface area contributed by atoms with Gasteiger partial charge in [-0.1, -0.05) is 18.2 Å². The zero-order valence-corrected chi connectivity index (χ0v) is 14.5. The molecule has 0 saturated heterocycles. The average Bonchev–Trinajstić information content (AvgIpc) is 2.59. The molecule has 0 unspecified atom stereocenters. The van der Waals surface area contributed by atoms with Crippen LogP contribution in [0.5, 0.6) is 0 Å². The van der Waals surface area contributed by atoms with Gasteiger partial charge in [0.05, 0.1) is 17.2 Å². The van der Waals surface area contributed by atoms with Crippen molar-refractivity contribution >= 4 is 23.4 Å². The Morgan fingerprint density at radius 2 is 1.88 bits per heavy atom. The Balaban J connectivity index is 2.09. The number of alkyl halides is 3. The minimum Gasteiger partial charge on any atom is -0.379 e. The molecule has 0 aliphatic carbocycles. The van der Waals surface area contributed by atoms with Crippen molar-refractivity contribution in [3.63, 3.8) is 0 Å². The van der Waals surface area contributed by atoms with Crippen molar-refractivity contribution < 1.29 is 23.1 Å². The van der Waals surface area contributed by atoms with E-state index >= 15 is 0 Å². The predicted octanol–water partition coefficient (Wildman–Crippen LogP) is 4.06. The number of hydrogen-bond donors (Lipinski definition) is 2. The Kier molecular flexibility index (Phi) is 5.95. The number of carbonyl (C=O) groups excluding carboxylic acids is 1. The highest BCUT2D eigenvalue weighted by atomic mass is 32.2. The topological polar surface area (TPSA) is 73.1 Å². The summed E-state index contributed by atoms with van der Waals surface area (Å²) in [6.45, 7) is 1.31. The Hall–Kier alpha value is -2.50. The Bertz CT molecular complexity index is 831. The van der Waals surface area contributed by atoms with Gasteiger partial charge in [0.25, 0.3) is 5.91 Å². The average molecular weight is 380 g/mol. The van der Waals surface area contributed by atoms with Crippen LogP contribution >= 0.6 is 11.8 Å². The first-order chi connectivity index (χ1) is 12.1. The molecular formula is C18H15F3N2O2S. The molecule has 26 heavy (non-hydrogen) atoms. The van der Waals surface area contributed by atoms with Gasteiger partial charge < -0.3 is 10.4 Å². The molecule has 0 aliphatic heterocycles. The van der Waals surface area contributed by atoms with Crippen LogP contribution in [0.15, 0.2) is 53.4 Å². The number of anilines is 1. The highest BCUT2D eigenvalue weighted by Gasteiger charge is 2.34. The molecule has 0 radical (unpaired) electrons. The largest absolute Gasteiger partial charge is 0.417 e. The predicted molar refractivity (Wildman–Crippen MR) is 92.6 cm³/mol. The maximum atomic E-state index is 12.8. The van der Waals surface area contributed by atoms with Crippen LogP contribution in [0.2, 0.25) is 0 Å². The Labute approximate surface area is 152 Å². The summed E-state index contributed by atoms with van der Waals surface area (Å²) < 4.78 is 38.4. The second-order valence-corrected chi connectivity index (χ2v) is 6.75. The second kappa shape index (κ2) is 7.81. The van der Waals surface area contributed by atoms with Crippen molar-refractivity contribution in [1.82, 2.24) is 0 Å². The van der Waals surface area contributed by atoms with Gasteiger partial charge in [0.2, 0.25) is 0 Å². The molecule has 2 rings (SSSR count). The highest BCUT2D eigenvalue weighted by Crippen LogP contribution is 2.33. The third kappa shape index (κ3) is 5.00. The number of nitrogens with one attached hydrogen (secondary N) is 1. The maximum Gasteiger partial charge on any atom is 0.417 e. The molecule has 0 aromatic heterocycles. The van der Waals surface area contributed by atoms with Crippen LogP contribution in [0.1, 0.15) is 18.1 Å². The first kappa shape index (κ1) is 19.8. The van der Waals surface area contributed by atoms with E-state index in [-0.39, 0.29) is 11.4 Å². The van der Waals surface area contributed by atoms with Gasteiger partial charge in [-0.2, -0.15) is 18.4 Å². The molecule has 1 atom stereocenters. The lowest BCUT2D eigenvalue weighted by molar-refractivity contribution is -0.137. The van der Waals surface area contributed by atoms with Gasteiger partial charge in [-0.05, 0) is 37.3 Å². The van der Waals surface area contributed by atoms with E-state index in [9.17, 15) is 23.1 Å². The molecule has 0 aliphatic rings. The molecule has 136 valence electrons. The number of amides is 1. The fourth-order valence-corrected chi connectivity index (χ4v) is 2.96. The number of halogens is 3. The molecule has 8 heteroatoms. The van der Waals surface area contributed by atoms with Crippen LogP contribution in [-0.2, 0) is 11.0 Å². The quantitative estimate of drug-likeness (QED) is 0.768. The van der Waals surface area contributed by atoms with Gasteiger partial charge >= 0.3 is 6.18 Å². The van der Waals surface area contributed by atoms with E-state index in [1.54, 1.807) is 0 Å². The second-order valence-electron chi connectivity index (χ2n) is 5.70. The summed E-state index contributed by atoms with van der Waals surface area (Å²) in [5, 5.41) is 21.6. The number of aliphatic hydroxyl groups is 1. The van der Waals surface area contributed by atoms with Crippen molar-refractivity contribution in [2.24, 2.45) is 0 Å². The van der Waals surface area contributed by atoms with Crippen LogP contribution < -0.4 is 5.32 Å². The van der Waals surface area contributed by atoms with Gasteiger partial charge in [-0.15, -0.1) is 11.8 Å². The van der Waals surface area contributed by atoms with E-state index in [0.717, 1.165) is 23.1 Å². The third-order valence-electron chi connectivity index (χ3n) is 3.46. The Morgan fingerprint density at radius 3 is 2.46 bits per heavy atom. The van der Waals surface area contributed by atoms with Gasteiger partial charge in [-0.25, -0.2) is 0 Å². The minimum absolute atomic E-state index is 0.00420. The summed E-state index contributed by atoms with van der Waals surface area (Å²) in [5.41, 5.74) is -3.43. The fraction of sp³-hybridized carbons (Fsp3) is 0.222. The number of hydrogen-bond acceptors (Lipinski definition) is 4. The van der Waals surface area contributed by atoms with E-state index in [0.29, 0.717) is 0 Å². The molecule has 0 fully saturated rings. The number of nitrogens with zero attached hydrogens (tertiary/aromatic N) is 1. The summed E-state index contributed by atoms with van der Waals surface area (Å²) in [7, 11) is 0. The summed E-state index contributed by atoms with van der Waals surface area (Å²) in [6, 6.07) is 13.3. The SMILES string of the molecule is C[C@@](O)(CSc1ccccc1)C(=O)Nc1ccc(C(F)(F)F)c(C#N)c1. The lowest BCUT2D eigenvalue weighted by Crippen LogP contribution is -2.42. The first-order valence-electron chi connectivity index (χ1n) is 7.46. The highest BCUT2D eigenvalue weighted by molar-refractivity contribution is 7.99. The van der Waals surface area contributed by atoms with E-state index in [4.69, 9.17) is 5.26 Å². The lowest BCUT2D eigenvalue weighted by atomic mass is 10.1. The summed E-state index contributed by atoms with van der Waals surface area (Å²) in [6.07, 6.45) is -4.66. The molecule has 0 bridgehead atoms. The fourth-order valence-electron chi connectivity index (χ4n) is 2.03. The first-order valence-corrected chi connectivity index (χ1v) is 8.45. The van der Waals surface area contributed by atoms with Gasteiger partial charge in [0, 0.05) is 16.3 Å². The van der Waals surface area contributed by atoms with E-state index in [1.807, 2.05) is 30.3 Å². The number of thioether (sulfide) groups is 1. The molecule has 0 saturated carbocycles. The van der Waals surface area contributed by atoms with Crippen LogP contribution in [0.4, 0.5) is 18.9 Å². The minimum atomic E-state index is -4.66. The van der Waals surface area contributed by atoms with Crippen molar-refractivity contribution in [1.29, 1.82) is 5.26 Å². The number of rotatable bonds is 5. The number of carbonyl (C=O) groups is 1. The van der Waals surface area contributed by atoms with E-state index in [2.05, 4.69) is 5.32 Å². The smallest absolute Gasteiger partial charge is 0.379 e. The normalized spacial score (nSPS) is 13.5. The molecule has 0 heterocycles. The summed E-state index contributed by atoms with van der Waals surface area (Å²) in [4.78, 5) is 13.1. The molecule has 2 aromatic rings. The number of benzene rings is 2. The van der Waals surface area contributed by atoms with Crippen molar-refractivity contribution in [3.8, 4) is 6.07 Å². The van der Waals surface area contributed by atoms with Gasteiger partial charge in [0.1, 0.15) is 5.60 Å². The lowest BCUT2D eigenvalue weighted by Gasteiger charge is -2.22. The monoisotopic (exact) mass is 380 g/mol. The van der Waals surface area contributed by atoms with Gasteiger partial charge in [0.15, 0.2) is 0 Å². The van der Waals surface area contributed by atoms with E-state index < -0.39 is 28.8 Å². The summed E-state index contributed by atoms with van der Waals surface area (Å²) >= 11 is 1.27. The Morgan fingerprint density at radius 1 is 1.23 bits per heavy atom. The zero-order valence-electron chi connectivity index (χ0n) is 13.7. The van der Waals surface area contributed by atoms with Crippen LogP contribution in [0.25, 0.3) is 0 Å². The number of nitriles is 1. The molecule has 2 N–H and O–H groups in total. The van der Waals surface area contributed by atoms with Crippen molar-refractivity contribution in [2.75, 3.05) is 11.1 Å². The molecule has 1 amide bonds. The molecule has 4 nitrogen and oxygen atoms in total. The summed E-state index contributed by atoms with van der Waals surface area (Å²) in [5.74, 6) is -0.723. The van der Waals surface area contributed by atoms with Crippen LogP contribution in [0.3, 0.4) is 0 Å². The standard InChI is InChI=1S/C18H15F3N2O2S/c1-17(25,11-26-14-5-3-2-4-6-14)16(24)23-13-7-8-15(18(19,20)21)12(9-13)10-22/h2-9,25H,11H2,1H3,(H,23,24)/t17-/m1/s1. The van der Waals surface area contributed by atoms with Crippen molar-refractivity contribution in [3.05, 3.63) is 59.7 Å².